The molecule has 3 atom stereocenters. The number of aliphatic hydroxyl groups is 1. The average Bonchev–Trinajstić information content (AvgIpc) is 3.41. The highest BCUT2D eigenvalue weighted by atomic mass is 16.5. The van der Waals surface area contributed by atoms with Crippen LogP contribution in [-0.2, 0) is 17.8 Å². The lowest BCUT2D eigenvalue weighted by atomic mass is 10.0. The van der Waals surface area contributed by atoms with Gasteiger partial charge in [-0.25, -0.2) is 4.79 Å². The molecule has 0 saturated heterocycles. The summed E-state index contributed by atoms with van der Waals surface area (Å²) in [6.45, 7) is 5.72. The Bertz CT molecular complexity index is 1080. The van der Waals surface area contributed by atoms with Crippen LogP contribution < -0.4 is 15.4 Å². The van der Waals surface area contributed by atoms with Crippen LogP contribution in [0.25, 0.3) is 0 Å². The molecule has 1 aromatic heterocycles. The van der Waals surface area contributed by atoms with Gasteiger partial charge in [-0.05, 0) is 62.7 Å². The van der Waals surface area contributed by atoms with Crippen molar-refractivity contribution in [1.29, 1.82) is 0 Å². The lowest BCUT2D eigenvalue weighted by Gasteiger charge is -2.34. The van der Waals surface area contributed by atoms with Crippen molar-refractivity contribution in [1.82, 2.24) is 20.1 Å². The third-order valence-electron chi connectivity index (χ3n) is 7.56. The molecule has 1 aromatic carbocycles. The Morgan fingerprint density at radius 1 is 1.24 bits per heavy atom. The maximum Gasteiger partial charge on any atom is 0.319 e. The van der Waals surface area contributed by atoms with Gasteiger partial charge in [-0.3, -0.25) is 14.7 Å². The van der Waals surface area contributed by atoms with Crippen LogP contribution in [0.2, 0.25) is 0 Å². The Morgan fingerprint density at radius 3 is 2.68 bits per heavy atom. The molecule has 0 radical (unpaired) electrons. The number of hydrogen-bond acceptors (Lipinski definition) is 6. The van der Waals surface area contributed by atoms with Crippen LogP contribution in [0, 0.1) is 5.92 Å². The van der Waals surface area contributed by atoms with Gasteiger partial charge in [0.15, 0.2) is 0 Å². The maximum absolute atomic E-state index is 13.4. The zero-order valence-corrected chi connectivity index (χ0v) is 22.7. The Kier molecular flexibility index (Phi) is 9.58. The van der Waals surface area contributed by atoms with Gasteiger partial charge in [0.05, 0.1) is 19.1 Å². The lowest BCUT2D eigenvalue weighted by Crippen LogP contribution is -2.47. The van der Waals surface area contributed by atoms with E-state index < -0.39 is 0 Å². The predicted molar refractivity (Wildman–Crippen MR) is 147 cm³/mol. The molecule has 2 heterocycles. The topological polar surface area (TPSA) is 107 Å². The van der Waals surface area contributed by atoms with Crippen LogP contribution in [-0.4, -0.2) is 76.8 Å². The first-order valence-corrected chi connectivity index (χ1v) is 13.7. The Morgan fingerprint density at radius 2 is 1.97 bits per heavy atom. The van der Waals surface area contributed by atoms with Crippen LogP contribution in [0.4, 0.5) is 10.5 Å². The lowest BCUT2D eigenvalue weighted by molar-refractivity contribution is -0.134. The number of nitrogens with zero attached hydrogens (tertiary/aromatic N) is 3. The molecule has 1 fully saturated rings. The smallest absolute Gasteiger partial charge is 0.319 e. The first kappa shape index (κ1) is 27.9. The monoisotopic (exact) mass is 523 g/mol. The molecule has 1 aliphatic heterocycles. The van der Waals surface area contributed by atoms with E-state index in [0.717, 1.165) is 43.4 Å². The molecule has 1 unspecified atom stereocenters. The number of amides is 3. The number of nitrogens with one attached hydrogen (secondary N) is 2. The van der Waals surface area contributed by atoms with Crippen molar-refractivity contribution in [3.05, 3.63) is 53.9 Å². The number of aromatic nitrogens is 1. The summed E-state index contributed by atoms with van der Waals surface area (Å²) < 4.78 is 6.59. The molecular formula is C29H41N5O4. The van der Waals surface area contributed by atoms with Crippen LogP contribution in [0.15, 0.2) is 42.7 Å². The second kappa shape index (κ2) is 13.1. The number of pyridine rings is 1. The standard InChI is InChI=1S/C29H41N5O4/c1-20-16-34(21(2)19-35)28(36)15-23-14-25(32-29(37)31-24-6-4-5-7-24)8-9-26(23)38-27(20)18-33(3)17-22-10-12-30-13-11-22/h8-14,20-21,24,27,35H,4-7,15-19H2,1-3H3,(H2,31,32,37)/t20-,21?,27+/m1/s1. The zero-order valence-electron chi connectivity index (χ0n) is 22.7. The number of anilines is 1. The number of hydrogen-bond donors (Lipinski definition) is 3. The fourth-order valence-corrected chi connectivity index (χ4v) is 5.32. The average molecular weight is 524 g/mol. The first-order chi connectivity index (χ1) is 18.3. The summed E-state index contributed by atoms with van der Waals surface area (Å²) in [6.07, 6.45) is 7.82. The minimum Gasteiger partial charge on any atom is -0.488 e. The molecule has 4 rings (SSSR count). The number of carbonyl (C=O) groups excluding carboxylic acids is 2. The molecular weight excluding hydrogens is 482 g/mol. The number of carbonyl (C=O) groups is 2. The van der Waals surface area contributed by atoms with Crippen molar-refractivity contribution in [2.75, 3.05) is 32.1 Å². The zero-order chi connectivity index (χ0) is 27.1. The van der Waals surface area contributed by atoms with Crippen LogP contribution in [0.5, 0.6) is 5.75 Å². The van der Waals surface area contributed by atoms with Crippen molar-refractivity contribution < 1.29 is 19.4 Å². The van der Waals surface area contributed by atoms with E-state index in [0.29, 0.717) is 24.5 Å². The van der Waals surface area contributed by atoms with Crippen molar-refractivity contribution >= 4 is 17.6 Å². The normalized spacial score (nSPS) is 21.2. The van der Waals surface area contributed by atoms with Gasteiger partial charge in [0.2, 0.25) is 5.91 Å². The summed E-state index contributed by atoms with van der Waals surface area (Å²) in [5, 5.41) is 15.8. The molecule has 38 heavy (non-hydrogen) atoms. The van der Waals surface area contributed by atoms with Gasteiger partial charge in [-0.2, -0.15) is 0 Å². The first-order valence-electron chi connectivity index (χ1n) is 13.7. The molecule has 3 N–H and O–H groups in total. The van der Waals surface area contributed by atoms with E-state index in [4.69, 9.17) is 4.74 Å². The molecule has 0 bridgehead atoms. The quantitative estimate of drug-likeness (QED) is 0.490. The summed E-state index contributed by atoms with van der Waals surface area (Å²) in [7, 11) is 2.05. The summed E-state index contributed by atoms with van der Waals surface area (Å²) >= 11 is 0. The molecule has 206 valence electrons. The molecule has 1 saturated carbocycles. The highest BCUT2D eigenvalue weighted by Gasteiger charge is 2.31. The minimum atomic E-state index is -0.305. The van der Waals surface area contributed by atoms with E-state index in [9.17, 15) is 14.7 Å². The second-order valence-electron chi connectivity index (χ2n) is 10.8. The number of ether oxygens (including phenoxy) is 1. The molecule has 9 heteroatoms. The van der Waals surface area contributed by atoms with Gasteiger partial charge in [-0.1, -0.05) is 19.8 Å². The highest BCUT2D eigenvalue weighted by Crippen LogP contribution is 2.29. The fourth-order valence-electron chi connectivity index (χ4n) is 5.32. The van der Waals surface area contributed by atoms with Gasteiger partial charge >= 0.3 is 6.03 Å². The minimum absolute atomic E-state index is 0.0220. The van der Waals surface area contributed by atoms with E-state index in [1.54, 1.807) is 17.3 Å². The number of likely N-dealkylation sites (N-methyl/N-ethyl adjacent to an activating group) is 1. The summed E-state index contributed by atoms with van der Waals surface area (Å²) in [5.74, 6) is 0.600. The number of benzene rings is 1. The molecule has 0 spiro atoms. The van der Waals surface area contributed by atoms with E-state index in [1.807, 2.05) is 37.3 Å². The Balaban J connectivity index is 1.54. The van der Waals surface area contributed by atoms with E-state index >= 15 is 0 Å². The van der Waals surface area contributed by atoms with Crippen LogP contribution in [0.3, 0.4) is 0 Å². The van der Waals surface area contributed by atoms with Crippen LogP contribution >= 0.6 is 0 Å². The van der Waals surface area contributed by atoms with Crippen molar-refractivity contribution in [2.45, 2.75) is 70.7 Å². The van der Waals surface area contributed by atoms with Crippen LogP contribution in [0.1, 0.15) is 50.7 Å². The highest BCUT2D eigenvalue weighted by molar-refractivity contribution is 5.90. The summed E-state index contributed by atoms with van der Waals surface area (Å²) in [4.78, 5) is 34.0. The number of aliphatic hydroxyl groups excluding tert-OH is 1. The number of rotatable bonds is 8. The third kappa shape index (κ3) is 7.45. The summed E-state index contributed by atoms with van der Waals surface area (Å²) in [5.41, 5.74) is 2.51. The van der Waals surface area contributed by atoms with Gasteiger partial charge in [-0.15, -0.1) is 0 Å². The predicted octanol–water partition coefficient (Wildman–Crippen LogP) is 3.43. The number of fused-ring (bicyclic) bond motifs is 1. The Labute approximate surface area is 225 Å². The largest absolute Gasteiger partial charge is 0.488 e. The maximum atomic E-state index is 13.4. The van der Waals surface area contributed by atoms with E-state index in [-0.39, 0.29) is 49.1 Å². The molecule has 1 aliphatic carbocycles. The van der Waals surface area contributed by atoms with Crippen molar-refractivity contribution in [3.8, 4) is 5.75 Å². The molecule has 2 aromatic rings. The summed E-state index contributed by atoms with van der Waals surface area (Å²) in [6, 6.07) is 9.18. The van der Waals surface area contributed by atoms with Crippen molar-refractivity contribution in [3.63, 3.8) is 0 Å². The number of urea groups is 1. The SMILES string of the molecule is CC(CO)N1C[C@@H](C)[C@H](CN(C)Cc2ccncc2)Oc2ccc(NC(=O)NC3CCCC3)cc2CC1=O. The Hall–Kier alpha value is -3.17. The van der Waals surface area contributed by atoms with Crippen molar-refractivity contribution in [2.24, 2.45) is 5.92 Å². The third-order valence-corrected chi connectivity index (χ3v) is 7.56. The van der Waals surface area contributed by atoms with Gasteiger partial charge in [0.1, 0.15) is 11.9 Å². The molecule has 9 nitrogen and oxygen atoms in total. The van der Waals surface area contributed by atoms with E-state index in [1.165, 1.54) is 0 Å². The van der Waals surface area contributed by atoms with Gasteiger partial charge < -0.3 is 25.4 Å². The molecule has 3 amide bonds. The van der Waals surface area contributed by atoms with E-state index in [2.05, 4.69) is 34.5 Å². The fraction of sp³-hybridized carbons (Fsp3) is 0.552. The van der Waals surface area contributed by atoms with Gasteiger partial charge in [0.25, 0.3) is 0 Å². The molecule has 2 aliphatic rings. The second-order valence-corrected chi connectivity index (χ2v) is 10.8. The van der Waals surface area contributed by atoms with Gasteiger partial charge in [0, 0.05) is 55.2 Å².